The van der Waals surface area contributed by atoms with Crippen LogP contribution in [0.1, 0.15) is 58.8 Å². The van der Waals surface area contributed by atoms with Crippen LogP contribution >= 0.6 is 11.3 Å². The first kappa shape index (κ1) is 15.3. The lowest BCUT2D eigenvalue weighted by Gasteiger charge is -2.23. The molecule has 0 aliphatic rings. The summed E-state index contributed by atoms with van der Waals surface area (Å²) in [5.41, 5.74) is 4.15. The van der Waals surface area contributed by atoms with E-state index in [1.807, 2.05) is 11.3 Å². The average molecular weight is 287 g/mol. The van der Waals surface area contributed by atoms with Crippen LogP contribution in [-0.4, -0.2) is 0 Å². The summed E-state index contributed by atoms with van der Waals surface area (Å²) in [6, 6.07) is 12.0. The summed E-state index contributed by atoms with van der Waals surface area (Å²) in [6.45, 7) is 11.1. The molecule has 0 aliphatic carbocycles. The Bertz CT molecular complexity index is 553. The third kappa shape index (κ3) is 3.50. The molecular weight excluding hydrogens is 262 g/mol. The van der Waals surface area contributed by atoms with E-state index in [0.29, 0.717) is 12.1 Å². The zero-order valence-electron chi connectivity index (χ0n) is 13.2. The van der Waals surface area contributed by atoms with E-state index in [1.54, 1.807) is 0 Å². The van der Waals surface area contributed by atoms with Crippen molar-refractivity contribution in [3.8, 4) is 0 Å². The molecular formula is C18H25NS. The quantitative estimate of drug-likeness (QED) is 0.768. The molecule has 0 saturated carbocycles. The number of hydrogen-bond donors (Lipinski definition) is 1. The molecule has 0 saturated heterocycles. The van der Waals surface area contributed by atoms with Crippen molar-refractivity contribution in [1.82, 2.24) is 5.32 Å². The average Bonchev–Trinajstić information content (AvgIpc) is 2.76. The topological polar surface area (TPSA) is 12.0 Å². The van der Waals surface area contributed by atoms with Crippen LogP contribution in [-0.2, 0) is 0 Å². The fourth-order valence-electron chi connectivity index (χ4n) is 2.72. The summed E-state index contributed by atoms with van der Waals surface area (Å²) < 4.78 is 0. The minimum Gasteiger partial charge on any atom is -0.303 e. The Kier molecular flexibility index (Phi) is 5.00. The van der Waals surface area contributed by atoms with Gasteiger partial charge in [-0.3, -0.25) is 0 Å². The molecule has 0 spiro atoms. The molecule has 20 heavy (non-hydrogen) atoms. The van der Waals surface area contributed by atoms with Crippen molar-refractivity contribution in [2.75, 3.05) is 0 Å². The maximum atomic E-state index is 3.78. The molecule has 1 heterocycles. The standard InChI is InChI=1S/C18H25NS/c1-6-18(16-9-7-12(2)8-10-16)19-14(4)17-11-13(3)20-15(17)5/h7-11,14,18-19H,6H2,1-5H3. The Morgan fingerprint density at radius 2 is 1.75 bits per heavy atom. The van der Waals surface area contributed by atoms with Crippen LogP contribution in [0.2, 0.25) is 0 Å². The number of rotatable bonds is 5. The highest BCUT2D eigenvalue weighted by Gasteiger charge is 2.16. The first-order valence-electron chi connectivity index (χ1n) is 7.40. The van der Waals surface area contributed by atoms with Gasteiger partial charge in [0.05, 0.1) is 0 Å². The highest BCUT2D eigenvalue weighted by Crippen LogP contribution is 2.29. The maximum absolute atomic E-state index is 3.78. The first-order valence-corrected chi connectivity index (χ1v) is 8.22. The molecule has 2 aromatic rings. The molecule has 2 rings (SSSR count). The number of aryl methyl sites for hydroxylation is 3. The van der Waals surface area contributed by atoms with Gasteiger partial charge < -0.3 is 5.32 Å². The summed E-state index contributed by atoms with van der Waals surface area (Å²) in [5, 5.41) is 3.78. The van der Waals surface area contributed by atoms with Crippen LogP contribution in [0.4, 0.5) is 0 Å². The molecule has 2 atom stereocenters. The monoisotopic (exact) mass is 287 g/mol. The van der Waals surface area contributed by atoms with Crippen LogP contribution in [0.5, 0.6) is 0 Å². The van der Waals surface area contributed by atoms with Gasteiger partial charge in [0.1, 0.15) is 0 Å². The lowest BCUT2D eigenvalue weighted by Crippen LogP contribution is -2.24. The molecule has 0 radical (unpaired) electrons. The molecule has 0 amide bonds. The fraction of sp³-hybridized carbons (Fsp3) is 0.444. The van der Waals surface area contributed by atoms with Crippen molar-refractivity contribution in [2.24, 2.45) is 0 Å². The van der Waals surface area contributed by atoms with Crippen molar-refractivity contribution in [2.45, 2.75) is 53.1 Å². The molecule has 1 aromatic carbocycles. The molecule has 0 fully saturated rings. The molecule has 1 N–H and O–H groups in total. The van der Waals surface area contributed by atoms with Gasteiger partial charge in [0, 0.05) is 21.8 Å². The van der Waals surface area contributed by atoms with E-state index in [4.69, 9.17) is 0 Å². The zero-order chi connectivity index (χ0) is 14.7. The van der Waals surface area contributed by atoms with Crippen LogP contribution in [0.25, 0.3) is 0 Å². The number of hydrogen-bond acceptors (Lipinski definition) is 2. The van der Waals surface area contributed by atoms with Gasteiger partial charge in [-0.25, -0.2) is 0 Å². The minimum atomic E-state index is 0.395. The summed E-state index contributed by atoms with van der Waals surface area (Å²) in [5.74, 6) is 0. The van der Waals surface area contributed by atoms with Gasteiger partial charge in [-0.2, -0.15) is 0 Å². The second kappa shape index (κ2) is 6.55. The normalized spacial score (nSPS) is 14.2. The summed E-state index contributed by atoms with van der Waals surface area (Å²) in [6.07, 6.45) is 1.11. The van der Waals surface area contributed by atoms with Crippen LogP contribution in [0, 0.1) is 20.8 Å². The second-order valence-corrected chi connectivity index (χ2v) is 7.09. The van der Waals surface area contributed by atoms with Gasteiger partial charge in [0.2, 0.25) is 0 Å². The van der Waals surface area contributed by atoms with Gasteiger partial charge in [-0.1, -0.05) is 36.8 Å². The Labute approximate surface area is 127 Å². The largest absolute Gasteiger partial charge is 0.303 e. The van der Waals surface area contributed by atoms with E-state index in [0.717, 1.165) is 6.42 Å². The predicted molar refractivity (Wildman–Crippen MR) is 89.6 cm³/mol. The molecule has 108 valence electrons. The van der Waals surface area contributed by atoms with Gasteiger partial charge in [-0.05, 0) is 51.3 Å². The van der Waals surface area contributed by atoms with Crippen LogP contribution in [0.3, 0.4) is 0 Å². The Hall–Kier alpha value is -1.12. The van der Waals surface area contributed by atoms with E-state index in [9.17, 15) is 0 Å². The SMILES string of the molecule is CCC(NC(C)c1cc(C)sc1C)c1ccc(C)cc1. The smallest absolute Gasteiger partial charge is 0.0323 e. The third-order valence-electron chi connectivity index (χ3n) is 3.89. The predicted octanol–water partition coefficient (Wildman–Crippen LogP) is 5.48. The van der Waals surface area contributed by atoms with Crippen LogP contribution in [0.15, 0.2) is 30.3 Å². The van der Waals surface area contributed by atoms with Crippen molar-refractivity contribution >= 4 is 11.3 Å². The maximum Gasteiger partial charge on any atom is 0.0323 e. The lowest BCUT2D eigenvalue weighted by atomic mass is 10.0. The first-order chi connectivity index (χ1) is 9.51. The molecule has 2 unspecified atom stereocenters. The van der Waals surface area contributed by atoms with E-state index >= 15 is 0 Å². The minimum absolute atomic E-state index is 0.395. The Morgan fingerprint density at radius 1 is 1.10 bits per heavy atom. The summed E-state index contributed by atoms with van der Waals surface area (Å²) >= 11 is 1.89. The third-order valence-corrected chi connectivity index (χ3v) is 4.87. The van der Waals surface area contributed by atoms with Gasteiger partial charge in [0.15, 0.2) is 0 Å². The van der Waals surface area contributed by atoms with Crippen molar-refractivity contribution < 1.29 is 0 Å². The zero-order valence-corrected chi connectivity index (χ0v) is 14.0. The van der Waals surface area contributed by atoms with Gasteiger partial charge in [-0.15, -0.1) is 11.3 Å². The second-order valence-electron chi connectivity index (χ2n) is 5.63. The van der Waals surface area contributed by atoms with Crippen molar-refractivity contribution in [3.63, 3.8) is 0 Å². The van der Waals surface area contributed by atoms with E-state index in [2.05, 4.69) is 70.3 Å². The Morgan fingerprint density at radius 3 is 2.25 bits per heavy atom. The molecule has 0 bridgehead atoms. The molecule has 1 nitrogen and oxygen atoms in total. The molecule has 2 heteroatoms. The van der Waals surface area contributed by atoms with Gasteiger partial charge >= 0.3 is 0 Å². The van der Waals surface area contributed by atoms with Crippen LogP contribution < -0.4 is 5.32 Å². The highest BCUT2D eigenvalue weighted by atomic mass is 32.1. The number of nitrogens with one attached hydrogen (secondary N) is 1. The number of thiophene rings is 1. The van der Waals surface area contributed by atoms with E-state index in [-0.39, 0.29) is 0 Å². The van der Waals surface area contributed by atoms with Gasteiger partial charge in [0.25, 0.3) is 0 Å². The summed E-state index contributed by atoms with van der Waals surface area (Å²) in [7, 11) is 0. The lowest BCUT2D eigenvalue weighted by molar-refractivity contribution is 0.456. The fourth-order valence-corrected chi connectivity index (χ4v) is 3.74. The molecule has 1 aromatic heterocycles. The molecule has 0 aliphatic heterocycles. The Balaban J connectivity index is 2.13. The number of benzene rings is 1. The van der Waals surface area contributed by atoms with E-state index in [1.165, 1.54) is 26.4 Å². The van der Waals surface area contributed by atoms with Crippen molar-refractivity contribution in [3.05, 3.63) is 56.8 Å². The van der Waals surface area contributed by atoms with E-state index < -0.39 is 0 Å². The van der Waals surface area contributed by atoms with Crippen molar-refractivity contribution in [1.29, 1.82) is 0 Å². The summed E-state index contributed by atoms with van der Waals surface area (Å²) in [4.78, 5) is 2.83. The highest BCUT2D eigenvalue weighted by molar-refractivity contribution is 7.12.